The van der Waals surface area contributed by atoms with Crippen molar-refractivity contribution in [3.63, 3.8) is 0 Å². The number of methoxy groups -OCH3 is 1. The number of nitrogens with zero attached hydrogens (tertiary/aromatic N) is 4. The van der Waals surface area contributed by atoms with Crippen LogP contribution in [0.25, 0.3) is 0 Å². The van der Waals surface area contributed by atoms with Crippen molar-refractivity contribution in [1.82, 2.24) is 9.91 Å². The summed E-state index contributed by atoms with van der Waals surface area (Å²) in [5.41, 5.74) is 0.00133. The van der Waals surface area contributed by atoms with Crippen LogP contribution in [0.2, 0.25) is 5.02 Å². The fraction of sp³-hybridized carbons (Fsp3) is 0.586. The van der Waals surface area contributed by atoms with Crippen LogP contribution in [0.4, 0.5) is 23.2 Å². The molecule has 1 aromatic carbocycles. The van der Waals surface area contributed by atoms with E-state index in [-0.39, 0.29) is 18.9 Å². The molecule has 0 aliphatic carbocycles. The third-order valence-electron chi connectivity index (χ3n) is 6.53. The Hall–Kier alpha value is -2.75. The summed E-state index contributed by atoms with van der Waals surface area (Å²) in [6.07, 6.45) is -1.39. The second-order valence-electron chi connectivity index (χ2n) is 9.29. The van der Waals surface area contributed by atoms with Crippen LogP contribution < -0.4 is 9.64 Å². The standard InChI is InChI=1S/C24H31ClF4N4O2.C3H6.C2H6/c1-5-18-22(15(2)12-16(3)26)33(30-23(18)24(27,28)29)14-21(34)32-10-8-31(9-11-32)17-6-7-19(25)20(13-17)35-4;1-3-2;1-2/h6-7,12-13,15,18,22H,5,8-11,14H2,1-4H3;3H,1H2,2H3;1-2H3/b16-12+;;. The van der Waals surface area contributed by atoms with Crippen LogP contribution >= 0.6 is 11.6 Å². The van der Waals surface area contributed by atoms with Gasteiger partial charge in [-0.2, -0.15) is 18.3 Å². The van der Waals surface area contributed by atoms with E-state index in [4.69, 9.17) is 16.3 Å². The number of halogens is 5. The summed E-state index contributed by atoms with van der Waals surface area (Å²) in [5, 5.41) is 5.54. The molecular formula is C29H43ClF4N4O2. The number of piperazine rings is 1. The zero-order valence-corrected chi connectivity index (χ0v) is 25.3. The van der Waals surface area contributed by atoms with E-state index in [2.05, 4.69) is 16.6 Å². The minimum atomic E-state index is -4.61. The quantitative estimate of drug-likeness (QED) is 0.246. The molecule has 0 bridgehead atoms. The Balaban J connectivity index is 0.00000150. The Morgan fingerprint density at radius 2 is 1.82 bits per heavy atom. The molecule has 3 unspecified atom stereocenters. The van der Waals surface area contributed by atoms with Gasteiger partial charge in [-0.3, -0.25) is 9.80 Å². The van der Waals surface area contributed by atoms with Gasteiger partial charge in [-0.15, -0.1) is 6.58 Å². The number of ether oxygens (including phenoxy) is 1. The molecule has 1 aromatic rings. The van der Waals surface area contributed by atoms with Crippen LogP contribution in [0.1, 0.15) is 48.0 Å². The Bertz CT molecular complexity index is 1020. The van der Waals surface area contributed by atoms with Gasteiger partial charge >= 0.3 is 6.18 Å². The highest BCUT2D eigenvalue weighted by Gasteiger charge is 2.50. The molecular weight excluding hydrogens is 548 g/mol. The molecule has 1 saturated heterocycles. The topological polar surface area (TPSA) is 48.4 Å². The third-order valence-corrected chi connectivity index (χ3v) is 6.85. The summed E-state index contributed by atoms with van der Waals surface area (Å²) in [6, 6.07) is 4.69. The molecule has 2 aliphatic heterocycles. The Labute approximate surface area is 241 Å². The number of carbonyl (C=O) groups is 1. The number of alkyl halides is 3. The van der Waals surface area contributed by atoms with Gasteiger partial charge in [0, 0.05) is 43.9 Å². The van der Waals surface area contributed by atoms with Gasteiger partial charge in [-0.25, -0.2) is 4.39 Å². The molecule has 0 saturated carbocycles. The lowest BCUT2D eigenvalue weighted by molar-refractivity contribution is -0.133. The molecule has 2 heterocycles. The molecule has 0 N–H and O–H groups in total. The second-order valence-corrected chi connectivity index (χ2v) is 9.70. The normalized spacial score (nSPS) is 20.1. The fourth-order valence-corrected chi connectivity index (χ4v) is 5.08. The van der Waals surface area contributed by atoms with Gasteiger partial charge < -0.3 is 14.5 Å². The molecule has 3 atom stereocenters. The summed E-state index contributed by atoms with van der Waals surface area (Å²) in [5.74, 6) is -1.73. The van der Waals surface area contributed by atoms with E-state index in [1.807, 2.05) is 32.9 Å². The van der Waals surface area contributed by atoms with E-state index in [1.165, 1.54) is 25.1 Å². The predicted octanol–water partition coefficient (Wildman–Crippen LogP) is 7.35. The fourth-order valence-electron chi connectivity index (χ4n) is 4.89. The summed E-state index contributed by atoms with van der Waals surface area (Å²) in [6.45, 7) is 15.4. The van der Waals surface area contributed by atoms with Gasteiger partial charge in [0.15, 0.2) is 0 Å². The molecule has 40 heavy (non-hydrogen) atoms. The number of hydrazone groups is 1. The van der Waals surface area contributed by atoms with Crippen molar-refractivity contribution >= 4 is 28.9 Å². The van der Waals surface area contributed by atoms with Gasteiger partial charge in [0.25, 0.3) is 0 Å². The van der Waals surface area contributed by atoms with Crippen molar-refractivity contribution in [3.8, 4) is 5.75 Å². The van der Waals surface area contributed by atoms with E-state index in [9.17, 15) is 22.4 Å². The predicted molar refractivity (Wildman–Crippen MR) is 156 cm³/mol. The monoisotopic (exact) mass is 590 g/mol. The first kappa shape index (κ1) is 35.3. The van der Waals surface area contributed by atoms with Crippen molar-refractivity contribution in [2.24, 2.45) is 16.9 Å². The maximum absolute atomic E-state index is 13.7. The second kappa shape index (κ2) is 16.5. The lowest BCUT2D eigenvalue weighted by atomic mass is 9.84. The van der Waals surface area contributed by atoms with Crippen molar-refractivity contribution < 1.29 is 27.1 Å². The number of hydrogen-bond acceptors (Lipinski definition) is 5. The van der Waals surface area contributed by atoms with E-state index in [0.29, 0.717) is 37.0 Å². The number of carbonyl (C=O) groups excluding carboxylic acids is 1. The molecule has 11 heteroatoms. The number of benzene rings is 1. The number of anilines is 1. The van der Waals surface area contributed by atoms with Crippen molar-refractivity contribution in [2.75, 3.05) is 44.7 Å². The molecule has 1 amide bonds. The van der Waals surface area contributed by atoms with E-state index < -0.39 is 35.6 Å². The Morgan fingerprint density at radius 3 is 2.30 bits per heavy atom. The molecule has 1 fully saturated rings. The highest BCUT2D eigenvalue weighted by Crippen LogP contribution is 2.38. The van der Waals surface area contributed by atoms with Crippen molar-refractivity contribution in [2.45, 2.75) is 60.2 Å². The summed E-state index contributed by atoms with van der Waals surface area (Å²) >= 11 is 6.10. The van der Waals surface area contributed by atoms with E-state index in [0.717, 1.165) is 5.69 Å². The Morgan fingerprint density at radius 1 is 1.25 bits per heavy atom. The Kier molecular flexibility index (Phi) is 14.6. The van der Waals surface area contributed by atoms with Crippen LogP contribution in [0.5, 0.6) is 5.75 Å². The van der Waals surface area contributed by atoms with E-state index in [1.54, 1.807) is 30.9 Å². The molecule has 3 rings (SSSR count). The average molecular weight is 591 g/mol. The van der Waals surface area contributed by atoms with Gasteiger partial charge in [-0.1, -0.05) is 45.4 Å². The van der Waals surface area contributed by atoms with Crippen molar-refractivity contribution in [1.29, 1.82) is 0 Å². The van der Waals surface area contributed by atoms with Crippen LogP contribution in [0.15, 0.2) is 47.9 Å². The highest BCUT2D eigenvalue weighted by molar-refractivity contribution is 6.32. The number of allylic oxidation sites excluding steroid dienone is 2. The number of amides is 1. The molecule has 6 nitrogen and oxygen atoms in total. The minimum Gasteiger partial charge on any atom is -0.495 e. The minimum absolute atomic E-state index is 0.181. The zero-order valence-electron chi connectivity index (χ0n) is 24.6. The molecule has 2 aliphatic rings. The third kappa shape index (κ3) is 9.42. The maximum Gasteiger partial charge on any atom is 0.431 e. The van der Waals surface area contributed by atoms with Gasteiger partial charge in [0.2, 0.25) is 5.91 Å². The first-order valence-corrected chi connectivity index (χ1v) is 13.9. The lowest BCUT2D eigenvalue weighted by Gasteiger charge is -2.38. The van der Waals surface area contributed by atoms with Crippen LogP contribution in [-0.4, -0.2) is 73.6 Å². The highest BCUT2D eigenvalue weighted by atomic mass is 35.5. The van der Waals surface area contributed by atoms with Gasteiger partial charge in [0.05, 0.1) is 24.0 Å². The first-order chi connectivity index (χ1) is 18.9. The van der Waals surface area contributed by atoms with Gasteiger partial charge in [0.1, 0.15) is 18.0 Å². The number of rotatable bonds is 7. The van der Waals surface area contributed by atoms with E-state index >= 15 is 0 Å². The first-order valence-electron chi connectivity index (χ1n) is 13.6. The maximum atomic E-state index is 13.7. The van der Waals surface area contributed by atoms with Crippen LogP contribution in [0.3, 0.4) is 0 Å². The molecule has 0 aromatic heterocycles. The lowest BCUT2D eigenvalue weighted by Crippen LogP contribution is -2.52. The van der Waals surface area contributed by atoms with Crippen molar-refractivity contribution in [3.05, 3.63) is 47.8 Å². The number of hydrogen-bond donors (Lipinski definition) is 0. The average Bonchev–Trinajstić information content (AvgIpc) is 3.29. The van der Waals surface area contributed by atoms with Crippen LogP contribution in [-0.2, 0) is 4.79 Å². The molecule has 0 radical (unpaired) electrons. The SMILES string of the molecule is C=CC.CC.CCC1C(C(F)(F)F)=NN(CC(=O)N2CCN(c3ccc(Cl)c(OC)c3)CC2)C1C(C)/C=C(\C)F. The summed E-state index contributed by atoms with van der Waals surface area (Å²) < 4.78 is 59.9. The summed E-state index contributed by atoms with van der Waals surface area (Å²) in [4.78, 5) is 16.8. The molecule has 226 valence electrons. The smallest absolute Gasteiger partial charge is 0.431 e. The van der Waals surface area contributed by atoms with Gasteiger partial charge in [-0.05, 0) is 44.4 Å². The molecule has 0 spiro atoms. The largest absolute Gasteiger partial charge is 0.495 e. The van der Waals surface area contributed by atoms with Crippen LogP contribution in [0, 0.1) is 11.8 Å². The zero-order chi connectivity index (χ0) is 30.6. The summed E-state index contributed by atoms with van der Waals surface area (Å²) in [7, 11) is 1.54.